The first kappa shape index (κ1) is 12.8. The maximum absolute atomic E-state index is 11.7. The maximum Gasteiger partial charge on any atom is 0.382 e. The molecule has 0 bridgehead atoms. The fourth-order valence-corrected chi connectivity index (χ4v) is 4.71. The van der Waals surface area contributed by atoms with E-state index in [1.54, 1.807) is 0 Å². The Morgan fingerprint density at radius 3 is 2.33 bits per heavy atom. The molecule has 1 aliphatic rings. The summed E-state index contributed by atoms with van der Waals surface area (Å²) in [4.78, 5) is 0. The van der Waals surface area contributed by atoms with Gasteiger partial charge in [0.2, 0.25) is 0 Å². The smallest absolute Gasteiger partial charge is 0.382 e. The Kier molecular flexibility index (Phi) is 3.10. The first-order chi connectivity index (χ1) is 6.54. The third kappa shape index (κ3) is 3.35. The van der Waals surface area contributed by atoms with E-state index in [0.29, 0.717) is 0 Å². The highest BCUT2D eigenvalue weighted by Crippen LogP contribution is 2.64. The molecule has 0 radical (unpaired) electrons. The second kappa shape index (κ2) is 3.63. The van der Waals surface area contributed by atoms with Crippen molar-refractivity contribution in [1.29, 1.82) is 0 Å². The van der Waals surface area contributed by atoms with E-state index in [2.05, 4.69) is 0 Å². The Labute approximate surface area is 88.3 Å². The molecule has 0 amide bonds. The third-order valence-electron chi connectivity index (χ3n) is 1.66. The minimum absolute atomic E-state index is 0.296. The number of hydrogen-bond donors (Lipinski definition) is 1. The normalized spacial score (nSPS) is 44.4. The summed E-state index contributed by atoms with van der Waals surface area (Å²) in [5, 5.41) is 9.52. The lowest BCUT2D eigenvalue weighted by molar-refractivity contribution is 0.0742. The molecule has 6 nitrogen and oxygen atoms in total. The van der Waals surface area contributed by atoms with Gasteiger partial charge in [-0.3, -0.25) is 9.09 Å². The SMILES string of the molecule is CC1(C)OP(C)(=O)OP(C)(=O)O/C=C\1O. The molecule has 0 aliphatic carbocycles. The van der Waals surface area contributed by atoms with Crippen LogP contribution in [0.1, 0.15) is 13.8 Å². The van der Waals surface area contributed by atoms with Gasteiger partial charge in [0.15, 0.2) is 5.76 Å². The summed E-state index contributed by atoms with van der Waals surface area (Å²) < 4.78 is 37.8. The topological polar surface area (TPSA) is 82.1 Å². The van der Waals surface area contributed by atoms with Crippen LogP contribution in [0.3, 0.4) is 0 Å². The van der Waals surface area contributed by atoms with Crippen molar-refractivity contribution in [3.8, 4) is 0 Å². The summed E-state index contributed by atoms with van der Waals surface area (Å²) in [5.74, 6) is -0.296. The number of hydrogen-bond acceptors (Lipinski definition) is 6. The zero-order valence-corrected chi connectivity index (χ0v) is 10.7. The molecule has 88 valence electrons. The highest BCUT2D eigenvalue weighted by atomic mass is 31.3. The number of rotatable bonds is 0. The molecule has 0 aromatic heterocycles. The highest BCUT2D eigenvalue weighted by molar-refractivity contribution is 7.66. The molecule has 0 aromatic rings. The van der Waals surface area contributed by atoms with Crippen LogP contribution >= 0.6 is 15.2 Å². The Bertz CT molecular complexity index is 385. The second-order valence-electron chi connectivity index (χ2n) is 3.83. The van der Waals surface area contributed by atoms with Gasteiger partial charge in [0, 0.05) is 6.66 Å². The molecule has 0 spiro atoms. The van der Waals surface area contributed by atoms with Crippen LogP contribution in [-0.4, -0.2) is 24.0 Å². The van der Waals surface area contributed by atoms with Crippen LogP contribution < -0.4 is 0 Å². The van der Waals surface area contributed by atoms with E-state index in [1.807, 2.05) is 0 Å². The van der Waals surface area contributed by atoms with E-state index in [1.165, 1.54) is 20.5 Å². The van der Waals surface area contributed by atoms with E-state index in [4.69, 9.17) is 13.4 Å². The van der Waals surface area contributed by atoms with Gasteiger partial charge in [0.1, 0.15) is 11.9 Å². The standard InChI is InChI=1S/C7H14O6P2/c1-7(2)6(8)5-11-14(3,9)13-15(4,10)12-7/h5,8H,1-4H3/b6-5+. The molecule has 8 heteroatoms. The number of aliphatic hydroxyl groups excluding tert-OH is 1. The van der Waals surface area contributed by atoms with Crippen molar-refractivity contribution in [3.05, 3.63) is 12.0 Å². The van der Waals surface area contributed by atoms with Gasteiger partial charge < -0.3 is 9.63 Å². The average Bonchev–Trinajstić information content (AvgIpc) is 1.94. The van der Waals surface area contributed by atoms with Crippen LogP contribution in [0.4, 0.5) is 0 Å². The molecule has 1 aliphatic heterocycles. The van der Waals surface area contributed by atoms with Crippen molar-refractivity contribution >= 4 is 15.2 Å². The summed E-state index contributed by atoms with van der Waals surface area (Å²) >= 11 is 0. The van der Waals surface area contributed by atoms with Crippen molar-refractivity contribution in [2.75, 3.05) is 13.3 Å². The molecule has 0 saturated heterocycles. The van der Waals surface area contributed by atoms with Gasteiger partial charge in [0.05, 0.1) is 6.66 Å². The lowest BCUT2D eigenvalue weighted by Crippen LogP contribution is -2.27. The Balaban J connectivity index is 3.15. The van der Waals surface area contributed by atoms with Crippen LogP contribution in [0.25, 0.3) is 0 Å². The van der Waals surface area contributed by atoms with Crippen molar-refractivity contribution in [1.82, 2.24) is 0 Å². The lowest BCUT2D eigenvalue weighted by Gasteiger charge is -2.31. The van der Waals surface area contributed by atoms with Crippen LogP contribution in [0.5, 0.6) is 0 Å². The molecule has 15 heavy (non-hydrogen) atoms. The molecule has 1 rings (SSSR count). The quantitative estimate of drug-likeness (QED) is 0.671. The lowest BCUT2D eigenvalue weighted by atomic mass is 10.1. The van der Waals surface area contributed by atoms with Crippen LogP contribution in [0.15, 0.2) is 12.0 Å². The zero-order valence-electron chi connectivity index (χ0n) is 8.96. The molecule has 0 aromatic carbocycles. The van der Waals surface area contributed by atoms with E-state index >= 15 is 0 Å². The summed E-state index contributed by atoms with van der Waals surface area (Å²) in [5.41, 5.74) is -1.20. The van der Waals surface area contributed by atoms with Gasteiger partial charge in [-0.2, -0.15) is 0 Å². The molecule has 1 N–H and O–H groups in total. The average molecular weight is 256 g/mol. The Morgan fingerprint density at radius 1 is 1.27 bits per heavy atom. The van der Waals surface area contributed by atoms with Gasteiger partial charge in [-0.25, -0.2) is 8.88 Å². The minimum Gasteiger partial charge on any atom is -0.506 e. The van der Waals surface area contributed by atoms with Gasteiger partial charge in [-0.1, -0.05) is 0 Å². The molecule has 1 heterocycles. The zero-order chi connectivity index (χ0) is 11.9. The van der Waals surface area contributed by atoms with Crippen LogP contribution in [-0.2, 0) is 22.5 Å². The molecule has 0 fully saturated rings. The maximum atomic E-state index is 11.7. The molecule has 0 saturated carbocycles. The predicted octanol–water partition coefficient (Wildman–Crippen LogP) is 2.87. The van der Waals surface area contributed by atoms with Gasteiger partial charge in [-0.05, 0) is 13.8 Å². The summed E-state index contributed by atoms with van der Waals surface area (Å²) in [6.07, 6.45) is 0.889. The van der Waals surface area contributed by atoms with Crippen LogP contribution in [0, 0.1) is 0 Å². The largest absolute Gasteiger partial charge is 0.506 e. The van der Waals surface area contributed by atoms with Crippen LogP contribution in [0.2, 0.25) is 0 Å². The fraction of sp³-hybridized carbons (Fsp3) is 0.714. The second-order valence-corrected chi connectivity index (χ2v) is 7.97. The van der Waals surface area contributed by atoms with Crippen molar-refractivity contribution in [2.24, 2.45) is 0 Å². The predicted molar refractivity (Wildman–Crippen MR) is 55.1 cm³/mol. The molecular formula is C7H14O6P2. The summed E-state index contributed by atoms with van der Waals surface area (Å²) in [7, 11) is -7.02. The fourth-order valence-electron chi connectivity index (χ4n) is 1.05. The Hall–Kier alpha value is -0.280. The summed E-state index contributed by atoms with van der Waals surface area (Å²) in [6.45, 7) is 5.31. The van der Waals surface area contributed by atoms with E-state index in [9.17, 15) is 14.2 Å². The molecule has 2 unspecified atom stereocenters. The van der Waals surface area contributed by atoms with Gasteiger partial charge in [-0.15, -0.1) is 0 Å². The highest BCUT2D eigenvalue weighted by Gasteiger charge is 2.40. The minimum atomic E-state index is -3.53. The first-order valence-electron chi connectivity index (χ1n) is 4.19. The van der Waals surface area contributed by atoms with E-state index < -0.39 is 20.8 Å². The van der Waals surface area contributed by atoms with Gasteiger partial charge in [0.25, 0.3) is 0 Å². The summed E-state index contributed by atoms with van der Waals surface area (Å²) in [6, 6.07) is 0. The van der Waals surface area contributed by atoms with E-state index in [-0.39, 0.29) is 5.76 Å². The first-order valence-corrected chi connectivity index (χ1v) is 8.17. The van der Waals surface area contributed by atoms with E-state index in [0.717, 1.165) is 12.9 Å². The third-order valence-corrected chi connectivity index (χ3v) is 5.31. The molecule has 2 atom stereocenters. The monoisotopic (exact) mass is 256 g/mol. The van der Waals surface area contributed by atoms with Crippen molar-refractivity contribution < 1.29 is 27.6 Å². The molecular weight excluding hydrogens is 242 g/mol. The van der Waals surface area contributed by atoms with Crippen molar-refractivity contribution in [3.63, 3.8) is 0 Å². The van der Waals surface area contributed by atoms with Crippen molar-refractivity contribution in [2.45, 2.75) is 19.4 Å². The number of aliphatic hydroxyl groups is 1. The van der Waals surface area contributed by atoms with Gasteiger partial charge >= 0.3 is 15.2 Å². The Morgan fingerprint density at radius 2 is 1.80 bits per heavy atom.